The van der Waals surface area contributed by atoms with Gasteiger partial charge in [-0.3, -0.25) is 0 Å². The molecule has 0 aliphatic carbocycles. The second kappa shape index (κ2) is 6.38. The lowest BCUT2D eigenvalue weighted by Gasteiger charge is -2.23. The smallest absolute Gasteiger partial charge is 0.203 e. The number of aromatic nitrogens is 2. The first-order valence-electron chi connectivity index (χ1n) is 6.58. The van der Waals surface area contributed by atoms with Gasteiger partial charge < -0.3 is 14.6 Å². The molecule has 1 unspecified atom stereocenters. The van der Waals surface area contributed by atoms with Crippen molar-refractivity contribution in [3.8, 4) is 0 Å². The van der Waals surface area contributed by atoms with Crippen molar-refractivity contribution in [2.24, 2.45) is 0 Å². The monoisotopic (exact) mass is 287 g/mol. The van der Waals surface area contributed by atoms with Crippen molar-refractivity contribution in [2.75, 3.05) is 30.5 Å². The van der Waals surface area contributed by atoms with Crippen LogP contribution in [0.2, 0.25) is 0 Å². The fourth-order valence-corrected chi connectivity index (χ4v) is 3.96. The Kier molecular flexibility index (Phi) is 4.81. The molecule has 19 heavy (non-hydrogen) atoms. The van der Waals surface area contributed by atoms with Crippen LogP contribution >= 0.6 is 0 Å². The van der Waals surface area contributed by atoms with Gasteiger partial charge in [-0.2, -0.15) is 0 Å². The zero-order valence-corrected chi connectivity index (χ0v) is 12.0. The number of nitrogens with one attached hydrogen (secondary N) is 1. The summed E-state index contributed by atoms with van der Waals surface area (Å²) < 4.78 is 30.2. The number of nitrogens with zero attached hydrogens (tertiary/aromatic N) is 2. The summed E-state index contributed by atoms with van der Waals surface area (Å²) in [4.78, 5) is 4.25. The Bertz CT molecular complexity index is 498. The lowest BCUT2D eigenvalue weighted by atomic mass is 10.2. The molecule has 108 valence electrons. The third-order valence-corrected chi connectivity index (χ3v) is 5.08. The predicted molar refractivity (Wildman–Crippen MR) is 74.0 cm³/mol. The fraction of sp³-hybridized carbons (Fsp3) is 0.750. The van der Waals surface area contributed by atoms with Crippen molar-refractivity contribution < 1.29 is 13.2 Å². The summed E-state index contributed by atoms with van der Waals surface area (Å²) in [6, 6.07) is -0.0256. The third kappa shape index (κ3) is 4.21. The minimum Gasteiger partial charge on any atom is -0.385 e. The Morgan fingerprint density at radius 3 is 3.16 bits per heavy atom. The number of rotatable bonds is 6. The maximum atomic E-state index is 11.6. The maximum absolute atomic E-state index is 11.6. The van der Waals surface area contributed by atoms with E-state index in [0.717, 1.165) is 31.8 Å². The third-order valence-electron chi connectivity index (χ3n) is 3.26. The van der Waals surface area contributed by atoms with Crippen LogP contribution in [0.15, 0.2) is 12.4 Å². The second-order valence-electron chi connectivity index (χ2n) is 4.89. The van der Waals surface area contributed by atoms with Gasteiger partial charge in [-0.1, -0.05) is 0 Å². The van der Waals surface area contributed by atoms with Gasteiger partial charge in [0.15, 0.2) is 9.84 Å². The Morgan fingerprint density at radius 1 is 1.58 bits per heavy atom. The van der Waals surface area contributed by atoms with Crippen LogP contribution in [-0.4, -0.2) is 49.2 Å². The first-order valence-corrected chi connectivity index (χ1v) is 8.40. The summed E-state index contributed by atoms with van der Waals surface area (Å²) in [5.74, 6) is 1.27. The van der Waals surface area contributed by atoms with Crippen LogP contribution in [0.3, 0.4) is 0 Å². The Labute approximate surface area is 114 Å². The van der Waals surface area contributed by atoms with Crippen LogP contribution in [-0.2, 0) is 21.1 Å². The predicted octanol–water partition coefficient (Wildman–Crippen LogP) is 0.909. The molecule has 2 heterocycles. The molecule has 1 aromatic rings. The highest BCUT2D eigenvalue weighted by molar-refractivity contribution is 7.91. The number of hydrogen-bond acceptors (Lipinski definition) is 5. The van der Waals surface area contributed by atoms with E-state index in [4.69, 9.17) is 4.74 Å². The van der Waals surface area contributed by atoms with Gasteiger partial charge in [0, 0.05) is 38.7 Å². The summed E-state index contributed by atoms with van der Waals surface area (Å²) in [5.41, 5.74) is 0. The molecule has 1 aliphatic heterocycles. The molecule has 0 radical (unpaired) electrons. The summed E-state index contributed by atoms with van der Waals surface area (Å²) in [6.45, 7) is 1.52. The molecule has 0 bridgehead atoms. The number of sulfone groups is 1. The number of aryl methyl sites for hydroxylation is 1. The van der Waals surface area contributed by atoms with Gasteiger partial charge in [-0.15, -0.1) is 0 Å². The van der Waals surface area contributed by atoms with Gasteiger partial charge in [0.1, 0.15) is 0 Å². The van der Waals surface area contributed by atoms with E-state index in [2.05, 4.69) is 10.3 Å². The summed E-state index contributed by atoms with van der Waals surface area (Å²) in [5, 5.41) is 3.24. The Balaban J connectivity index is 1.93. The number of methoxy groups -OCH3 is 1. The lowest BCUT2D eigenvalue weighted by Crippen LogP contribution is -2.35. The van der Waals surface area contributed by atoms with Crippen LogP contribution in [0.4, 0.5) is 5.95 Å². The van der Waals surface area contributed by atoms with E-state index in [-0.39, 0.29) is 11.8 Å². The molecule has 1 atom stereocenters. The minimum absolute atomic E-state index is 0.0256. The molecule has 0 aromatic carbocycles. The molecule has 1 aliphatic rings. The number of anilines is 1. The van der Waals surface area contributed by atoms with Crippen LogP contribution in [0.5, 0.6) is 0 Å². The topological polar surface area (TPSA) is 73.2 Å². The van der Waals surface area contributed by atoms with Crippen LogP contribution in [0.1, 0.15) is 19.3 Å². The van der Waals surface area contributed by atoms with E-state index in [0.29, 0.717) is 12.4 Å². The maximum Gasteiger partial charge on any atom is 0.203 e. The lowest BCUT2D eigenvalue weighted by molar-refractivity contribution is 0.190. The number of hydrogen-bond donors (Lipinski definition) is 1. The van der Waals surface area contributed by atoms with Crippen LogP contribution in [0.25, 0.3) is 0 Å². The van der Waals surface area contributed by atoms with Crippen LogP contribution < -0.4 is 5.32 Å². The number of imidazole rings is 1. The average molecular weight is 287 g/mol. The van der Waals surface area contributed by atoms with Crippen molar-refractivity contribution in [3.63, 3.8) is 0 Å². The first-order chi connectivity index (χ1) is 9.11. The highest BCUT2D eigenvalue weighted by atomic mass is 32.2. The minimum atomic E-state index is -2.89. The van der Waals surface area contributed by atoms with Gasteiger partial charge in [0.05, 0.1) is 11.5 Å². The van der Waals surface area contributed by atoms with Gasteiger partial charge in [-0.05, 0) is 19.3 Å². The van der Waals surface area contributed by atoms with Crippen molar-refractivity contribution in [3.05, 3.63) is 12.4 Å². The molecule has 0 spiro atoms. The fourth-order valence-electron chi connectivity index (χ4n) is 2.33. The molecule has 0 saturated carbocycles. The average Bonchev–Trinajstić information content (AvgIpc) is 2.76. The summed E-state index contributed by atoms with van der Waals surface area (Å²) >= 11 is 0. The largest absolute Gasteiger partial charge is 0.385 e. The van der Waals surface area contributed by atoms with Crippen molar-refractivity contribution >= 4 is 15.8 Å². The summed E-state index contributed by atoms with van der Waals surface area (Å²) in [7, 11) is -1.21. The van der Waals surface area contributed by atoms with Gasteiger partial charge in [0.2, 0.25) is 5.95 Å². The van der Waals surface area contributed by atoms with Gasteiger partial charge in [-0.25, -0.2) is 13.4 Å². The van der Waals surface area contributed by atoms with Crippen molar-refractivity contribution in [2.45, 2.75) is 31.8 Å². The van der Waals surface area contributed by atoms with Crippen molar-refractivity contribution in [1.29, 1.82) is 0 Å². The highest BCUT2D eigenvalue weighted by Crippen LogP contribution is 2.16. The van der Waals surface area contributed by atoms with E-state index in [1.807, 2.05) is 10.8 Å². The molecule has 6 nitrogen and oxygen atoms in total. The zero-order valence-electron chi connectivity index (χ0n) is 11.2. The Morgan fingerprint density at radius 2 is 2.42 bits per heavy atom. The van der Waals surface area contributed by atoms with E-state index in [9.17, 15) is 8.42 Å². The van der Waals surface area contributed by atoms with Gasteiger partial charge in [0.25, 0.3) is 0 Å². The molecule has 1 fully saturated rings. The molecule has 2 rings (SSSR count). The Hall–Kier alpha value is -1.08. The summed E-state index contributed by atoms with van der Waals surface area (Å²) in [6.07, 6.45) is 6.14. The SMILES string of the molecule is COCCCn1ccnc1NC1CCCS(=O)(=O)C1. The quantitative estimate of drug-likeness (QED) is 0.787. The molecule has 1 N–H and O–H groups in total. The van der Waals surface area contributed by atoms with Crippen molar-refractivity contribution in [1.82, 2.24) is 9.55 Å². The normalized spacial score (nSPS) is 22.3. The molecule has 1 saturated heterocycles. The molecule has 0 amide bonds. The first kappa shape index (κ1) is 14.3. The second-order valence-corrected chi connectivity index (χ2v) is 7.12. The standard InChI is InChI=1S/C12H21N3O3S/c1-18-8-3-6-15-7-5-13-12(15)14-11-4-2-9-19(16,17)10-11/h5,7,11H,2-4,6,8-10H2,1H3,(H,13,14). The van der Waals surface area contributed by atoms with Gasteiger partial charge >= 0.3 is 0 Å². The zero-order chi connectivity index (χ0) is 13.7. The molecular formula is C12H21N3O3S. The van der Waals surface area contributed by atoms with E-state index >= 15 is 0 Å². The van der Waals surface area contributed by atoms with Crippen LogP contribution in [0, 0.1) is 0 Å². The molecular weight excluding hydrogens is 266 g/mol. The van der Waals surface area contributed by atoms with E-state index in [1.54, 1.807) is 13.3 Å². The molecule has 7 heteroatoms. The highest BCUT2D eigenvalue weighted by Gasteiger charge is 2.25. The number of ether oxygens (including phenoxy) is 1. The van der Waals surface area contributed by atoms with E-state index in [1.165, 1.54) is 0 Å². The van der Waals surface area contributed by atoms with E-state index < -0.39 is 9.84 Å². The molecule has 1 aromatic heterocycles.